The van der Waals surface area contributed by atoms with Crippen molar-refractivity contribution in [3.63, 3.8) is 0 Å². The molecule has 2 aromatic rings. The number of rotatable bonds is 5. The van der Waals surface area contributed by atoms with Crippen molar-refractivity contribution in [2.24, 2.45) is 5.92 Å². The molecule has 1 amide bonds. The van der Waals surface area contributed by atoms with Gasteiger partial charge in [0.05, 0.1) is 20.8 Å². The summed E-state index contributed by atoms with van der Waals surface area (Å²) in [6.45, 7) is 4.86. The normalized spacial score (nSPS) is 21.3. The highest BCUT2D eigenvalue weighted by molar-refractivity contribution is 5.73. The molecule has 0 N–H and O–H groups in total. The second-order valence-corrected chi connectivity index (χ2v) is 8.60. The quantitative estimate of drug-likeness (QED) is 0.704. The van der Waals surface area contributed by atoms with Gasteiger partial charge in [-0.15, -0.1) is 0 Å². The van der Waals surface area contributed by atoms with Crippen LogP contribution >= 0.6 is 0 Å². The van der Waals surface area contributed by atoms with Crippen LogP contribution in [0.5, 0.6) is 17.2 Å². The highest BCUT2D eigenvalue weighted by Crippen LogP contribution is 2.33. The molecule has 172 valence electrons. The van der Waals surface area contributed by atoms with Gasteiger partial charge in [-0.2, -0.15) is 0 Å². The van der Waals surface area contributed by atoms with E-state index in [0.29, 0.717) is 25.2 Å². The largest absolute Gasteiger partial charge is 0.497 e. The molecule has 1 fully saturated rings. The van der Waals surface area contributed by atoms with Crippen molar-refractivity contribution in [1.82, 2.24) is 9.80 Å². The Morgan fingerprint density at radius 1 is 1.19 bits per heavy atom. The second-order valence-electron chi connectivity index (χ2n) is 8.60. The number of fused-ring (bicyclic) bond motifs is 1. The molecule has 2 aromatic carbocycles. The first kappa shape index (κ1) is 22.4. The number of carbonyl (C=O) groups excluding carboxylic acids is 1. The fourth-order valence-corrected chi connectivity index (χ4v) is 4.71. The van der Waals surface area contributed by atoms with Crippen LogP contribution in [0.15, 0.2) is 36.4 Å². The Hall–Kier alpha value is -2.80. The molecule has 0 bridgehead atoms. The maximum atomic E-state index is 14.7. The summed E-state index contributed by atoms with van der Waals surface area (Å²) in [5.74, 6) is 1.79. The van der Waals surface area contributed by atoms with Gasteiger partial charge in [-0.3, -0.25) is 9.69 Å². The lowest BCUT2D eigenvalue weighted by Crippen LogP contribution is -2.46. The molecule has 0 aliphatic carbocycles. The topological polar surface area (TPSA) is 51.2 Å². The Labute approximate surface area is 188 Å². The number of amides is 1. The van der Waals surface area contributed by atoms with Gasteiger partial charge >= 0.3 is 0 Å². The summed E-state index contributed by atoms with van der Waals surface area (Å²) in [7, 11) is 3.11. The summed E-state index contributed by atoms with van der Waals surface area (Å²) < 4.78 is 31.6. The van der Waals surface area contributed by atoms with E-state index in [-0.39, 0.29) is 29.5 Å². The fraction of sp³-hybridized carbons (Fsp3) is 0.480. The molecule has 0 spiro atoms. The number of carbonyl (C=O) groups is 1. The number of benzene rings is 2. The second kappa shape index (κ2) is 9.77. The van der Waals surface area contributed by atoms with Gasteiger partial charge in [-0.1, -0.05) is 12.1 Å². The Balaban J connectivity index is 1.52. The molecule has 0 aromatic heterocycles. The predicted octanol–water partition coefficient (Wildman–Crippen LogP) is 3.86. The van der Waals surface area contributed by atoms with Crippen LogP contribution in [-0.2, 0) is 17.9 Å². The number of ether oxygens (including phenoxy) is 3. The molecule has 2 aliphatic heterocycles. The number of hydrogen-bond donors (Lipinski definition) is 0. The Kier molecular flexibility index (Phi) is 6.84. The number of hydrogen-bond acceptors (Lipinski definition) is 5. The maximum Gasteiger partial charge on any atom is 0.219 e. The van der Waals surface area contributed by atoms with Crippen LogP contribution in [-0.4, -0.2) is 55.7 Å². The smallest absolute Gasteiger partial charge is 0.219 e. The first-order valence-corrected chi connectivity index (χ1v) is 11.1. The molecule has 2 heterocycles. The van der Waals surface area contributed by atoms with Crippen molar-refractivity contribution >= 4 is 5.91 Å². The van der Waals surface area contributed by atoms with Crippen LogP contribution < -0.4 is 14.2 Å². The first-order valence-electron chi connectivity index (χ1n) is 11.1. The van der Waals surface area contributed by atoms with Crippen LogP contribution in [0.3, 0.4) is 0 Å². The Bertz CT molecular complexity index is 967. The molecule has 0 unspecified atom stereocenters. The monoisotopic (exact) mass is 442 g/mol. The van der Waals surface area contributed by atoms with E-state index in [1.165, 1.54) is 7.11 Å². The minimum atomic E-state index is -0.298. The molecule has 6 nitrogen and oxygen atoms in total. The van der Waals surface area contributed by atoms with E-state index in [0.717, 1.165) is 43.0 Å². The summed E-state index contributed by atoms with van der Waals surface area (Å²) >= 11 is 0. The fourth-order valence-electron chi connectivity index (χ4n) is 4.71. The number of halogens is 1. The molecule has 0 radical (unpaired) electrons. The summed E-state index contributed by atoms with van der Waals surface area (Å²) in [5.41, 5.74) is 1.59. The molecule has 7 heteroatoms. The molecule has 0 saturated carbocycles. The molecule has 1 saturated heterocycles. The Morgan fingerprint density at radius 3 is 2.78 bits per heavy atom. The van der Waals surface area contributed by atoms with Crippen LogP contribution in [0.25, 0.3) is 0 Å². The molecular weight excluding hydrogens is 411 g/mol. The van der Waals surface area contributed by atoms with E-state index in [1.54, 1.807) is 20.1 Å². The van der Waals surface area contributed by atoms with Gasteiger partial charge in [0.2, 0.25) is 5.91 Å². The average Bonchev–Trinajstić information content (AvgIpc) is 3.00. The summed E-state index contributed by atoms with van der Waals surface area (Å²) in [4.78, 5) is 16.4. The van der Waals surface area contributed by atoms with E-state index in [1.807, 2.05) is 35.2 Å². The van der Waals surface area contributed by atoms with Gasteiger partial charge < -0.3 is 19.1 Å². The van der Waals surface area contributed by atoms with Gasteiger partial charge in [0.25, 0.3) is 0 Å². The van der Waals surface area contributed by atoms with Crippen molar-refractivity contribution in [3.8, 4) is 17.2 Å². The van der Waals surface area contributed by atoms with E-state index < -0.39 is 0 Å². The van der Waals surface area contributed by atoms with Crippen molar-refractivity contribution in [1.29, 1.82) is 0 Å². The van der Waals surface area contributed by atoms with Crippen LogP contribution in [0.1, 0.15) is 30.9 Å². The lowest BCUT2D eigenvalue weighted by molar-refractivity contribution is -0.130. The van der Waals surface area contributed by atoms with Crippen molar-refractivity contribution in [2.45, 2.75) is 39.0 Å². The molecular formula is C25H31FN2O4. The van der Waals surface area contributed by atoms with Crippen molar-refractivity contribution in [2.75, 3.05) is 33.9 Å². The number of methoxy groups -OCH3 is 2. The average molecular weight is 443 g/mol. The molecule has 4 rings (SSSR count). The minimum Gasteiger partial charge on any atom is -0.497 e. The van der Waals surface area contributed by atoms with Gasteiger partial charge in [0, 0.05) is 43.6 Å². The third kappa shape index (κ3) is 4.83. The number of nitrogens with zero attached hydrogens (tertiary/aromatic N) is 2. The van der Waals surface area contributed by atoms with E-state index >= 15 is 0 Å². The van der Waals surface area contributed by atoms with Gasteiger partial charge in [0.1, 0.15) is 17.6 Å². The first-order chi connectivity index (χ1) is 15.5. The zero-order valence-electron chi connectivity index (χ0n) is 19.0. The number of likely N-dealkylation sites (tertiary alicyclic amines) is 1. The van der Waals surface area contributed by atoms with Gasteiger partial charge in [-0.25, -0.2) is 4.39 Å². The lowest BCUT2D eigenvalue weighted by Gasteiger charge is -2.37. The third-order valence-electron chi connectivity index (χ3n) is 6.48. The van der Waals surface area contributed by atoms with Gasteiger partial charge in [-0.05, 0) is 43.7 Å². The highest BCUT2D eigenvalue weighted by atomic mass is 19.1. The maximum absolute atomic E-state index is 14.7. The summed E-state index contributed by atoms with van der Waals surface area (Å²) in [6.07, 6.45) is 1.90. The van der Waals surface area contributed by atoms with Crippen LogP contribution in [0.4, 0.5) is 4.39 Å². The van der Waals surface area contributed by atoms with Gasteiger partial charge in [0.15, 0.2) is 11.6 Å². The molecule has 2 atom stereocenters. The predicted molar refractivity (Wildman–Crippen MR) is 119 cm³/mol. The van der Waals surface area contributed by atoms with Crippen molar-refractivity contribution in [3.05, 3.63) is 53.3 Å². The summed E-state index contributed by atoms with van der Waals surface area (Å²) in [6, 6.07) is 11.0. The standard InChI is InChI=1S/C25H31FN2O4/c1-17(29)28-15-20-12-21(30-2)9-10-22(20)32-24(16-28)18-7-5-11-27(13-18)14-19-6-4-8-23(31-3)25(19)26/h4,6,8-10,12,18,24H,5,7,11,13-16H2,1-3H3/t18-,24-/m1/s1. The van der Waals surface area contributed by atoms with E-state index in [2.05, 4.69) is 4.90 Å². The number of piperidine rings is 1. The highest BCUT2D eigenvalue weighted by Gasteiger charge is 2.34. The third-order valence-corrected chi connectivity index (χ3v) is 6.48. The lowest BCUT2D eigenvalue weighted by atomic mass is 9.91. The van der Waals surface area contributed by atoms with Crippen LogP contribution in [0.2, 0.25) is 0 Å². The summed E-state index contributed by atoms with van der Waals surface area (Å²) in [5, 5.41) is 0. The van der Waals surface area contributed by atoms with E-state index in [4.69, 9.17) is 14.2 Å². The van der Waals surface area contributed by atoms with Crippen molar-refractivity contribution < 1.29 is 23.4 Å². The SMILES string of the molecule is COc1ccc2c(c1)CN(C(C)=O)C[C@H]([C@@H]1CCCN(Cc3cccc(OC)c3F)C1)O2. The van der Waals surface area contributed by atoms with Crippen LogP contribution in [0, 0.1) is 11.7 Å². The molecule has 2 aliphatic rings. The Morgan fingerprint density at radius 2 is 2.03 bits per heavy atom. The molecule has 32 heavy (non-hydrogen) atoms. The minimum absolute atomic E-state index is 0.0281. The zero-order chi connectivity index (χ0) is 22.7. The van der Waals surface area contributed by atoms with E-state index in [9.17, 15) is 9.18 Å². The zero-order valence-corrected chi connectivity index (χ0v) is 19.0.